The lowest BCUT2D eigenvalue weighted by Crippen LogP contribution is -2.64. The fraction of sp³-hybridized carbons (Fsp3) is 0.484. The van der Waals surface area contributed by atoms with Crippen molar-refractivity contribution in [1.82, 2.24) is 26.6 Å². The summed E-state index contributed by atoms with van der Waals surface area (Å²) in [7, 11) is 0. The molecule has 0 bridgehead atoms. The van der Waals surface area contributed by atoms with Crippen LogP contribution >= 0.6 is 0 Å². The fourth-order valence-electron chi connectivity index (χ4n) is 5.11. The van der Waals surface area contributed by atoms with Crippen LogP contribution in [0.1, 0.15) is 51.5 Å². The maximum Gasteiger partial charge on any atom is 0.326 e. The number of nitrogens with two attached hydrogens (primary N) is 1. The second kappa shape index (κ2) is 16.8. The van der Waals surface area contributed by atoms with Gasteiger partial charge in [0.2, 0.25) is 11.8 Å². The Morgan fingerprint density at radius 3 is 2.18 bits per heavy atom. The van der Waals surface area contributed by atoms with Crippen LogP contribution in [0, 0.1) is 5.92 Å². The summed E-state index contributed by atoms with van der Waals surface area (Å²) in [5.41, 5.74) is 7.33. The van der Waals surface area contributed by atoms with Gasteiger partial charge in [-0.3, -0.25) is 14.6 Å². The van der Waals surface area contributed by atoms with Gasteiger partial charge >= 0.3 is 18.0 Å². The Bertz CT molecular complexity index is 1310. The molecule has 5 atom stereocenters. The highest BCUT2D eigenvalue weighted by atomic mass is 16.4. The number of guanidine groups is 1. The first-order valence-electron chi connectivity index (χ1n) is 15.0. The molecule has 0 radical (unpaired) electrons. The Balaban J connectivity index is 1.76. The van der Waals surface area contributed by atoms with Crippen LogP contribution in [0.5, 0.6) is 0 Å². The first kappa shape index (κ1) is 34.6. The standard InChI is InChI=1S/C31H43N7O7/c1-18(2)15-22(26(39)35-23(28(41)42)16-19-9-5-3-6-10-19)34-27(40)25(21-13-14-33-30(32)36-21)38-31(45)37-24(29(43)44)17-20-11-7-4-8-12-20/h3,5-7,9-12,18,21-25H,4,8,13-17H2,1-2H3,(H,34,40)(H,35,39)(H,41,42)(H,43,44)(H3,32,33,36)(H2,37,38,45)/t21-,22-,23-,24-,25-/m0/s1. The number of nitrogens with zero attached hydrogens (tertiary/aromatic N) is 1. The van der Waals surface area contributed by atoms with Gasteiger partial charge in [0.05, 0.1) is 6.04 Å². The van der Waals surface area contributed by atoms with E-state index < -0.39 is 60.0 Å². The molecule has 3 rings (SSSR count). The number of nitrogens with one attached hydrogen (secondary N) is 5. The van der Waals surface area contributed by atoms with E-state index in [2.05, 4.69) is 31.6 Å². The van der Waals surface area contributed by atoms with Gasteiger partial charge in [0, 0.05) is 19.4 Å². The van der Waals surface area contributed by atoms with Crippen molar-refractivity contribution in [3.05, 3.63) is 59.7 Å². The summed E-state index contributed by atoms with van der Waals surface area (Å²) < 4.78 is 0. The number of allylic oxidation sites excluding steroid dienone is 3. The highest BCUT2D eigenvalue weighted by Gasteiger charge is 2.36. The molecule has 4 amide bonds. The Morgan fingerprint density at radius 2 is 1.58 bits per heavy atom. The minimum absolute atomic E-state index is 0.0383. The number of carboxylic acid groups (broad SMARTS) is 2. The number of aliphatic imine (C=N–C) groups is 1. The van der Waals surface area contributed by atoms with Crippen LogP contribution < -0.4 is 32.3 Å². The largest absolute Gasteiger partial charge is 0.480 e. The minimum Gasteiger partial charge on any atom is -0.480 e. The molecule has 0 saturated heterocycles. The van der Waals surface area contributed by atoms with Crippen molar-refractivity contribution < 1.29 is 34.2 Å². The average molecular weight is 626 g/mol. The molecule has 0 spiro atoms. The molecule has 0 unspecified atom stereocenters. The molecule has 1 aliphatic carbocycles. The van der Waals surface area contributed by atoms with Crippen LogP contribution in [0.2, 0.25) is 0 Å². The Labute approximate surface area is 262 Å². The van der Waals surface area contributed by atoms with Gasteiger partial charge in [-0.15, -0.1) is 0 Å². The molecule has 9 N–H and O–H groups in total. The van der Waals surface area contributed by atoms with E-state index in [1.807, 2.05) is 32.1 Å². The molecule has 244 valence electrons. The maximum absolute atomic E-state index is 13.7. The zero-order valence-electron chi connectivity index (χ0n) is 25.5. The van der Waals surface area contributed by atoms with E-state index in [1.165, 1.54) is 0 Å². The molecule has 0 fully saturated rings. The highest BCUT2D eigenvalue weighted by Crippen LogP contribution is 2.16. The van der Waals surface area contributed by atoms with Gasteiger partial charge in [-0.25, -0.2) is 14.4 Å². The average Bonchev–Trinajstić information content (AvgIpc) is 2.99. The number of aliphatic carboxylic acids is 2. The maximum atomic E-state index is 13.7. The number of rotatable bonds is 15. The van der Waals surface area contributed by atoms with Crippen LogP contribution in [0.4, 0.5) is 4.79 Å². The van der Waals surface area contributed by atoms with E-state index in [0.29, 0.717) is 12.0 Å². The molecule has 1 aromatic rings. The van der Waals surface area contributed by atoms with Crippen LogP contribution in [0.3, 0.4) is 0 Å². The van der Waals surface area contributed by atoms with Gasteiger partial charge in [0.25, 0.3) is 0 Å². The predicted molar refractivity (Wildman–Crippen MR) is 167 cm³/mol. The molecule has 0 aromatic heterocycles. The molecule has 0 saturated carbocycles. The summed E-state index contributed by atoms with van der Waals surface area (Å²) in [5.74, 6) is -3.91. The van der Waals surface area contributed by atoms with Crippen molar-refractivity contribution in [2.45, 2.75) is 82.6 Å². The molecule has 45 heavy (non-hydrogen) atoms. The molecular weight excluding hydrogens is 582 g/mol. The van der Waals surface area contributed by atoms with Crippen LogP contribution in [0.15, 0.2) is 59.1 Å². The van der Waals surface area contributed by atoms with E-state index in [-0.39, 0.29) is 37.7 Å². The predicted octanol–water partition coefficient (Wildman–Crippen LogP) is 0.794. The Hall–Kier alpha value is -4.88. The zero-order chi connectivity index (χ0) is 32.9. The van der Waals surface area contributed by atoms with Gasteiger partial charge < -0.3 is 42.5 Å². The molecule has 1 aliphatic heterocycles. The SMILES string of the molecule is CC(C)C[C@H](NC(=O)[C@@H](NC(=O)N[C@@H](CC1=CCCC=C1)C(=O)O)[C@@H]1CCN=C(N)N1)C(=O)N[C@@H](Cc1ccccc1)C(=O)O. The van der Waals surface area contributed by atoms with Gasteiger partial charge in [-0.05, 0) is 42.7 Å². The smallest absolute Gasteiger partial charge is 0.326 e. The van der Waals surface area contributed by atoms with Gasteiger partial charge in [0.15, 0.2) is 5.96 Å². The lowest BCUT2D eigenvalue weighted by Gasteiger charge is -2.32. The van der Waals surface area contributed by atoms with Crippen molar-refractivity contribution in [1.29, 1.82) is 0 Å². The van der Waals surface area contributed by atoms with Crippen LogP contribution in [-0.4, -0.2) is 82.7 Å². The number of benzene rings is 1. The van der Waals surface area contributed by atoms with Gasteiger partial charge in [-0.1, -0.05) is 62.4 Å². The number of hydrogen-bond acceptors (Lipinski definition) is 8. The van der Waals surface area contributed by atoms with Crippen LogP contribution in [0.25, 0.3) is 0 Å². The third-order valence-electron chi connectivity index (χ3n) is 7.38. The summed E-state index contributed by atoms with van der Waals surface area (Å²) in [6.45, 7) is 3.96. The second-order valence-corrected chi connectivity index (χ2v) is 11.5. The lowest BCUT2D eigenvalue weighted by atomic mass is 9.99. The van der Waals surface area contributed by atoms with Crippen molar-refractivity contribution in [2.24, 2.45) is 16.6 Å². The van der Waals surface area contributed by atoms with E-state index in [1.54, 1.807) is 30.3 Å². The Kier molecular flexibility index (Phi) is 12.9. The topological polar surface area (TPSA) is 224 Å². The third-order valence-corrected chi connectivity index (χ3v) is 7.38. The highest BCUT2D eigenvalue weighted by molar-refractivity contribution is 5.94. The minimum atomic E-state index is -1.29. The molecular formula is C31H43N7O7. The summed E-state index contributed by atoms with van der Waals surface area (Å²) >= 11 is 0. The van der Waals surface area contributed by atoms with Crippen molar-refractivity contribution in [2.75, 3.05) is 6.54 Å². The van der Waals surface area contributed by atoms with Gasteiger partial charge in [-0.2, -0.15) is 0 Å². The number of carbonyl (C=O) groups is 5. The summed E-state index contributed by atoms with van der Waals surface area (Å²) in [6, 6.07) is 2.28. The quantitative estimate of drug-likeness (QED) is 0.138. The lowest BCUT2D eigenvalue weighted by molar-refractivity contribution is -0.142. The number of hydrogen-bond donors (Lipinski definition) is 8. The van der Waals surface area contributed by atoms with E-state index in [4.69, 9.17) is 5.73 Å². The molecule has 2 aliphatic rings. The van der Waals surface area contributed by atoms with E-state index in [0.717, 1.165) is 18.4 Å². The zero-order valence-corrected chi connectivity index (χ0v) is 25.5. The number of amides is 4. The number of urea groups is 1. The van der Waals surface area contributed by atoms with Crippen molar-refractivity contribution >= 4 is 35.7 Å². The molecule has 14 nitrogen and oxygen atoms in total. The second-order valence-electron chi connectivity index (χ2n) is 11.5. The van der Waals surface area contributed by atoms with E-state index in [9.17, 15) is 34.2 Å². The molecule has 14 heteroatoms. The van der Waals surface area contributed by atoms with Crippen LogP contribution in [-0.2, 0) is 25.6 Å². The molecule has 1 heterocycles. The number of carboxylic acids is 2. The fourth-order valence-corrected chi connectivity index (χ4v) is 5.11. The Morgan fingerprint density at radius 1 is 0.911 bits per heavy atom. The summed E-state index contributed by atoms with van der Waals surface area (Å²) in [4.78, 5) is 68.2. The number of carbonyl (C=O) groups excluding carboxylic acids is 3. The van der Waals surface area contributed by atoms with Gasteiger partial charge in [0.1, 0.15) is 24.2 Å². The first-order chi connectivity index (χ1) is 21.4. The van der Waals surface area contributed by atoms with E-state index >= 15 is 0 Å². The molecule has 1 aromatic carbocycles. The monoisotopic (exact) mass is 625 g/mol. The van der Waals surface area contributed by atoms with Crippen molar-refractivity contribution in [3.63, 3.8) is 0 Å². The first-order valence-corrected chi connectivity index (χ1v) is 15.0. The van der Waals surface area contributed by atoms with Crippen molar-refractivity contribution in [3.8, 4) is 0 Å². The summed E-state index contributed by atoms with van der Waals surface area (Å²) in [6.07, 6.45) is 7.86. The third kappa shape index (κ3) is 11.3. The summed E-state index contributed by atoms with van der Waals surface area (Å²) in [5, 5.41) is 32.6. The normalized spacial score (nSPS) is 18.6.